The van der Waals surface area contributed by atoms with Gasteiger partial charge >= 0.3 is 0 Å². The molecule has 0 fully saturated rings. The minimum Gasteiger partial charge on any atom is -0.506 e. The van der Waals surface area contributed by atoms with E-state index in [4.69, 9.17) is 4.74 Å². The Morgan fingerprint density at radius 2 is 1.76 bits per heavy atom. The van der Waals surface area contributed by atoms with Crippen molar-refractivity contribution in [1.29, 1.82) is 0 Å². The van der Waals surface area contributed by atoms with E-state index in [1.165, 1.54) is 6.20 Å². The third-order valence-corrected chi connectivity index (χ3v) is 3.89. The van der Waals surface area contributed by atoms with Crippen LogP contribution in [0.5, 0.6) is 17.2 Å². The molecular weight excluding hydrogens is 316 g/mol. The highest BCUT2D eigenvalue weighted by Gasteiger charge is 2.14. The van der Waals surface area contributed by atoms with Gasteiger partial charge in [-0.15, -0.1) is 0 Å². The molecule has 0 amide bonds. The van der Waals surface area contributed by atoms with E-state index in [0.717, 1.165) is 0 Å². The Bertz CT molecular complexity index is 1100. The molecule has 0 unspecified atom stereocenters. The zero-order valence-electron chi connectivity index (χ0n) is 13.1. The number of para-hydroxylation sites is 1. The second kappa shape index (κ2) is 6.13. The van der Waals surface area contributed by atoms with E-state index < -0.39 is 0 Å². The van der Waals surface area contributed by atoms with Crippen molar-refractivity contribution in [1.82, 2.24) is 9.97 Å². The summed E-state index contributed by atoms with van der Waals surface area (Å²) in [5, 5.41) is 11.1. The molecule has 5 heteroatoms. The number of nitrogens with one attached hydrogen (secondary N) is 1. The zero-order valence-corrected chi connectivity index (χ0v) is 13.1. The largest absolute Gasteiger partial charge is 0.506 e. The highest BCUT2D eigenvalue weighted by molar-refractivity contribution is 5.91. The maximum absolute atomic E-state index is 12.4. The molecule has 0 saturated heterocycles. The summed E-state index contributed by atoms with van der Waals surface area (Å²) in [7, 11) is 0. The van der Waals surface area contributed by atoms with Crippen LogP contribution >= 0.6 is 0 Å². The minimum absolute atomic E-state index is 0.0938. The first-order valence-corrected chi connectivity index (χ1v) is 7.75. The molecule has 0 aliphatic heterocycles. The number of fused-ring (bicyclic) bond motifs is 1. The first-order chi connectivity index (χ1) is 12.2. The van der Waals surface area contributed by atoms with Crippen LogP contribution in [0.4, 0.5) is 0 Å². The number of nitrogens with zero attached hydrogens (tertiary/aromatic N) is 1. The van der Waals surface area contributed by atoms with E-state index in [1.54, 1.807) is 36.5 Å². The number of H-pyrrole nitrogens is 1. The average molecular weight is 330 g/mol. The summed E-state index contributed by atoms with van der Waals surface area (Å²) >= 11 is 0. The molecule has 4 aromatic rings. The van der Waals surface area contributed by atoms with Crippen LogP contribution in [0, 0.1) is 0 Å². The van der Waals surface area contributed by atoms with E-state index in [-0.39, 0.29) is 16.9 Å². The van der Waals surface area contributed by atoms with Gasteiger partial charge in [-0.3, -0.25) is 9.78 Å². The van der Waals surface area contributed by atoms with Gasteiger partial charge in [-0.05, 0) is 35.9 Å². The number of pyridine rings is 2. The predicted molar refractivity (Wildman–Crippen MR) is 96.0 cm³/mol. The monoisotopic (exact) mass is 330 g/mol. The number of benzene rings is 2. The first-order valence-electron chi connectivity index (χ1n) is 7.75. The van der Waals surface area contributed by atoms with Gasteiger partial charge in [0, 0.05) is 12.4 Å². The SMILES string of the molecule is O=c1[nH]c2ccncc2c(O)c1-c1cccc(Oc2ccccc2)c1. The number of aromatic nitrogens is 2. The summed E-state index contributed by atoms with van der Waals surface area (Å²) in [5.74, 6) is 1.18. The lowest BCUT2D eigenvalue weighted by Gasteiger charge is -2.10. The molecule has 2 aromatic heterocycles. The number of rotatable bonds is 3. The first kappa shape index (κ1) is 15.0. The fraction of sp³-hybridized carbons (Fsp3) is 0. The predicted octanol–water partition coefficient (Wildman–Crippen LogP) is 4.09. The lowest BCUT2D eigenvalue weighted by molar-refractivity contribution is 0.480. The Balaban J connectivity index is 1.82. The van der Waals surface area contributed by atoms with Gasteiger partial charge < -0.3 is 14.8 Å². The van der Waals surface area contributed by atoms with Crippen molar-refractivity contribution in [3.8, 4) is 28.4 Å². The molecule has 0 atom stereocenters. The molecule has 0 spiro atoms. The maximum atomic E-state index is 12.4. The number of aromatic hydroxyl groups is 1. The molecule has 4 rings (SSSR count). The number of hydrogen-bond acceptors (Lipinski definition) is 4. The van der Waals surface area contributed by atoms with Crippen molar-refractivity contribution < 1.29 is 9.84 Å². The molecular formula is C20H14N2O3. The molecule has 25 heavy (non-hydrogen) atoms. The van der Waals surface area contributed by atoms with Crippen molar-refractivity contribution in [2.24, 2.45) is 0 Å². The van der Waals surface area contributed by atoms with E-state index in [0.29, 0.717) is 28.0 Å². The van der Waals surface area contributed by atoms with E-state index in [9.17, 15) is 9.90 Å². The highest BCUT2D eigenvalue weighted by atomic mass is 16.5. The van der Waals surface area contributed by atoms with Crippen LogP contribution in [0.3, 0.4) is 0 Å². The molecule has 0 aliphatic carbocycles. The minimum atomic E-state index is -0.368. The van der Waals surface area contributed by atoms with E-state index >= 15 is 0 Å². The van der Waals surface area contributed by atoms with Gasteiger partial charge in [-0.25, -0.2) is 0 Å². The fourth-order valence-electron chi connectivity index (χ4n) is 2.73. The van der Waals surface area contributed by atoms with E-state index in [1.807, 2.05) is 30.3 Å². The number of aromatic amines is 1. The fourth-order valence-corrected chi connectivity index (χ4v) is 2.73. The van der Waals surface area contributed by atoms with Crippen LogP contribution < -0.4 is 10.3 Å². The quantitative estimate of drug-likeness (QED) is 0.593. The highest BCUT2D eigenvalue weighted by Crippen LogP contribution is 2.33. The third-order valence-electron chi connectivity index (χ3n) is 3.89. The van der Waals surface area contributed by atoms with Gasteiger partial charge in [-0.1, -0.05) is 30.3 Å². The topological polar surface area (TPSA) is 75.2 Å². The molecule has 0 aliphatic rings. The molecule has 2 N–H and O–H groups in total. The van der Waals surface area contributed by atoms with Gasteiger partial charge in [-0.2, -0.15) is 0 Å². The normalized spacial score (nSPS) is 10.7. The van der Waals surface area contributed by atoms with Crippen LogP contribution in [0.15, 0.2) is 77.9 Å². The van der Waals surface area contributed by atoms with Crippen molar-refractivity contribution >= 4 is 10.9 Å². The van der Waals surface area contributed by atoms with Crippen LogP contribution in [-0.4, -0.2) is 15.1 Å². The Kier molecular flexibility index (Phi) is 3.67. The Morgan fingerprint density at radius 1 is 0.960 bits per heavy atom. The van der Waals surface area contributed by atoms with Crippen LogP contribution in [0.1, 0.15) is 0 Å². The number of ether oxygens (including phenoxy) is 1. The van der Waals surface area contributed by atoms with Gasteiger partial charge in [0.15, 0.2) is 0 Å². The van der Waals surface area contributed by atoms with Gasteiger partial charge in [0.05, 0.1) is 16.5 Å². The summed E-state index contributed by atoms with van der Waals surface area (Å²) in [6.07, 6.45) is 3.08. The lowest BCUT2D eigenvalue weighted by atomic mass is 10.0. The maximum Gasteiger partial charge on any atom is 0.260 e. The van der Waals surface area contributed by atoms with Crippen LogP contribution in [0.25, 0.3) is 22.0 Å². The molecule has 5 nitrogen and oxygen atoms in total. The summed E-state index contributed by atoms with van der Waals surface area (Å²) in [6.45, 7) is 0. The standard InChI is InChI=1S/C20H14N2O3/c23-19-16-12-21-10-9-17(16)22-20(24)18(19)13-5-4-8-15(11-13)25-14-6-2-1-3-7-14/h1-12H,(H2,22,23,24). The third kappa shape index (κ3) is 2.83. The van der Waals surface area contributed by atoms with Crippen molar-refractivity contribution in [3.63, 3.8) is 0 Å². The van der Waals surface area contributed by atoms with Crippen LogP contribution in [-0.2, 0) is 0 Å². The Labute approximate surface area is 143 Å². The molecule has 0 bridgehead atoms. The summed E-state index contributed by atoms with van der Waals surface area (Å²) in [5.41, 5.74) is 0.933. The molecule has 2 aromatic carbocycles. The second-order valence-electron chi connectivity index (χ2n) is 5.54. The van der Waals surface area contributed by atoms with E-state index in [2.05, 4.69) is 9.97 Å². The zero-order chi connectivity index (χ0) is 17.2. The second-order valence-corrected chi connectivity index (χ2v) is 5.54. The Morgan fingerprint density at radius 3 is 2.60 bits per heavy atom. The van der Waals surface area contributed by atoms with Crippen molar-refractivity contribution in [2.45, 2.75) is 0 Å². The van der Waals surface area contributed by atoms with Gasteiger partial charge in [0.2, 0.25) is 0 Å². The van der Waals surface area contributed by atoms with Gasteiger partial charge in [0.25, 0.3) is 5.56 Å². The summed E-state index contributed by atoms with van der Waals surface area (Å²) in [6, 6.07) is 18.1. The van der Waals surface area contributed by atoms with Crippen molar-refractivity contribution in [2.75, 3.05) is 0 Å². The Hall–Kier alpha value is -3.60. The lowest BCUT2D eigenvalue weighted by Crippen LogP contribution is -2.09. The van der Waals surface area contributed by atoms with Crippen LogP contribution in [0.2, 0.25) is 0 Å². The van der Waals surface area contributed by atoms with Gasteiger partial charge in [0.1, 0.15) is 17.2 Å². The molecule has 2 heterocycles. The van der Waals surface area contributed by atoms with Crippen molar-refractivity contribution in [3.05, 3.63) is 83.4 Å². The number of hydrogen-bond donors (Lipinski definition) is 2. The molecule has 122 valence electrons. The summed E-state index contributed by atoms with van der Waals surface area (Å²) in [4.78, 5) is 19.2. The summed E-state index contributed by atoms with van der Waals surface area (Å²) < 4.78 is 5.80. The smallest absolute Gasteiger partial charge is 0.260 e. The molecule has 0 saturated carbocycles. The molecule has 0 radical (unpaired) electrons. The average Bonchev–Trinajstić information content (AvgIpc) is 2.63.